The normalized spacial score (nSPS) is 17.3. The highest BCUT2D eigenvalue weighted by Gasteiger charge is 2.25. The number of hydrogen-bond donors (Lipinski definition) is 0. The number of nitriles is 1. The monoisotopic (exact) mass is 283 g/mol. The highest BCUT2D eigenvalue weighted by atomic mass is 16.2. The summed E-state index contributed by atoms with van der Waals surface area (Å²) in [6.45, 7) is 1.99. The first kappa shape index (κ1) is 15.3. The van der Waals surface area contributed by atoms with E-state index in [0.29, 0.717) is 0 Å². The molecule has 4 heteroatoms. The number of piperidine rings is 1. The van der Waals surface area contributed by atoms with Crippen LogP contribution in [0.3, 0.4) is 0 Å². The zero-order valence-corrected chi connectivity index (χ0v) is 12.6. The van der Waals surface area contributed by atoms with E-state index >= 15 is 0 Å². The van der Waals surface area contributed by atoms with E-state index in [0.717, 1.165) is 31.5 Å². The lowest BCUT2D eigenvalue weighted by molar-refractivity contribution is -0.128. The molecule has 1 amide bonds. The average molecular weight is 283 g/mol. The van der Waals surface area contributed by atoms with Crippen molar-refractivity contribution in [1.82, 2.24) is 9.80 Å². The number of likely N-dealkylation sites (N-methyl/N-ethyl adjacent to an activating group) is 1. The van der Waals surface area contributed by atoms with Crippen LogP contribution in [-0.4, -0.2) is 48.9 Å². The lowest BCUT2D eigenvalue weighted by Crippen LogP contribution is -2.44. The molecule has 0 radical (unpaired) electrons. The summed E-state index contributed by atoms with van der Waals surface area (Å²) in [4.78, 5) is 16.5. The van der Waals surface area contributed by atoms with Crippen molar-refractivity contribution in [1.29, 1.82) is 5.26 Å². The van der Waals surface area contributed by atoms with Gasteiger partial charge < -0.3 is 9.80 Å². The van der Waals surface area contributed by atoms with Crippen molar-refractivity contribution in [3.63, 3.8) is 0 Å². The van der Waals surface area contributed by atoms with Crippen molar-refractivity contribution in [3.05, 3.63) is 41.5 Å². The Morgan fingerprint density at radius 2 is 1.95 bits per heavy atom. The smallest absolute Gasteiger partial charge is 0.264 e. The molecule has 1 aliphatic heterocycles. The Hall–Kier alpha value is -2.12. The third-order valence-electron chi connectivity index (χ3n) is 4.02. The molecule has 110 valence electrons. The Kier molecular flexibility index (Phi) is 5.13. The molecule has 0 N–H and O–H groups in total. The number of nitrogens with zero attached hydrogens (tertiary/aromatic N) is 3. The number of carbonyl (C=O) groups excluding carboxylic acids is 1. The van der Waals surface area contributed by atoms with Gasteiger partial charge in [-0.3, -0.25) is 4.79 Å². The summed E-state index contributed by atoms with van der Waals surface area (Å²) in [5.41, 5.74) is 1.07. The van der Waals surface area contributed by atoms with Crippen LogP contribution in [0.2, 0.25) is 0 Å². The van der Waals surface area contributed by atoms with Crippen LogP contribution < -0.4 is 0 Å². The van der Waals surface area contributed by atoms with Gasteiger partial charge in [0.2, 0.25) is 0 Å². The lowest BCUT2D eigenvalue weighted by atomic mass is 10.0. The fourth-order valence-corrected chi connectivity index (χ4v) is 2.60. The Morgan fingerprint density at radius 3 is 2.52 bits per heavy atom. The van der Waals surface area contributed by atoms with Crippen molar-refractivity contribution in [2.45, 2.75) is 18.9 Å². The molecule has 0 saturated carbocycles. The third kappa shape index (κ3) is 3.93. The second-order valence-corrected chi connectivity index (χ2v) is 5.53. The Balaban J connectivity index is 2.10. The molecule has 1 heterocycles. The number of amides is 1. The summed E-state index contributed by atoms with van der Waals surface area (Å²) in [6.07, 6.45) is 3.58. The molecule has 1 aromatic rings. The highest BCUT2D eigenvalue weighted by Crippen LogP contribution is 2.17. The van der Waals surface area contributed by atoms with Gasteiger partial charge in [0.1, 0.15) is 11.6 Å². The van der Waals surface area contributed by atoms with Crippen molar-refractivity contribution < 1.29 is 4.79 Å². The van der Waals surface area contributed by atoms with Gasteiger partial charge in [-0.1, -0.05) is 30.3 Å². The summed E-state index contributed by atoms with van der Waals surface area (Å²) < 4.78 is 0. The topological polar surface area (TPSA) is 47.3 Å². The van der Waals surface area contributed by atoms with E-state index in [9.17, 15) is 10.1 Å². The molecule has 0 unspecified atom stereocenters. The molecule has 0 bridgehead atoms. The van der Waals surface area contributed by atoms with E-state index in [-0.39, 0.29) is 17.5 Å². The molecule has 1 aliphatic rings. The van der Waals surface area contributed by atoms with Crippen molar-refractivity contribution in [3.8, 4) is 6.07 Å². The number of carbonyl (C=O) groups is 1. The number of likely N-dealkylation sites (tertiary alicyclic amines) is 1. The quantitative estimate of drug-likeness (QED) is 0.631. The van der Waals surface area contributed by atoms with E-state index in [1.165, 1.54) is 0 Å². The van der Waals surface area contributed by atoms with Gasteiger partial charge in [0.25, 0.3) is 5.91 Å². The van der Waals surface area contributed by atoms with Gasteiger partial charge in [-0.15, -0.1) is 0 Å². The minimum Gasteiger partial charge on any atom is -0.338 e. The highest BCUT2D eigenvalue weighted by molar-refractivity contribution is 6.01. The van der Waals surface area contributed by atoms with Crippen LogP contribution >= 0.6 is 0 Å². The molecular formula is C17H21N3O. The molecular weight excluding hydrogens is 262 g/mol. The van der Waals surface area contributed by atoms with Gasteiger partial charge in [-0.2, -0.15) is 5.26 Å². The summed E-state index contributed by atoms with van der Waals surface area (Å²) in [6, 6.07) is 11.7. The third-order valence-corrected chi connectivity index (χ3v) is 4.02. The zero-order valence-electron chi connectivity index (χ0n) is 12.6. The molecule has 0 aromatic heterocycles. The Bertz CT molecular complexity index is 551. The van der Waals surface area contributed by atoms with Gasteiger partial charge >= 0.3 is 0 Å². The molecule has 21 heavy (non-hydrogen) atoms. The van der Waals surface area contributed by atoms with Crippen LogP contribution in [0.1, 0.15) is 18.4 Å². The second-order valence-electron chi connectivity index (χ2n) is 5.53. The first-order valence-electron chi connectivity index (χ1n) is 7.24. The average Bonchev–Trinajstić information content (AvgIpc) is 2.53. The van der Waals surface area contributed by atoms with E-state index in [2.05, 4.69) is 11.9 Å². The first-order valence-corrected chi connectivity index (χ1v) is 7.24. The number of rotatable bonds is 3. The van der Waals surface area contributed by atoms with Crippen molar-refractivity contribution in [2.24, 2.45) is 0 Å². The number of benzene rings is 1. The molecule has 1 aromatic carbocycles. The predicted octanol–water partition coefficient (Wildman–Crippen LogP) is 2.15. The van der Waals surface area contributed by atoms with Crippen LogP contribution in [0.15, 0.2) is 35.9 Å². The molecule has 0 aliphatic carbocycles. The Labute approximate surface area is 126 Å². The molecule has 0 atom stereocenters. The maximum atomic E-state index is 12.5. The Morgan fingerprint density at radius 1 is 1.33 bits per heavy atom. The number of hydrogen-bond acceptors (Lipinski definition) is 3. The van der Waals surface area contributed by atoms with Gasteiger partial charge in [0, 0.05) is 13.1 Å². The molecule has 4 nitrogen and oxygen atoms in total. The van der Waals surface area contributed by atoms with Crippen LogP contribution in [-0.2, 0) is 4.79 Å². The van der Waals surface area contributed by atoms with Crippen LogP contribution in [0, 0.1) is 11.3 Å². The van der Waals surface area contributed by atoms with E-state index in [1.54, 1.807) is 18.0 Å². The van der Waals surface area contributed by atoms with Gasteiger partial charge in [-0.05, 0) is 44.6 Å². The standard InChI is InChI=1S/C17H21N3O/c1-19-10-8-16(9-11-19)20(2)17(21)15(13-18)12-14-6-4-3-5-7-14/h3-7,12,16H,8-11H2,1-2H3/b15-12-. The minimum atomic E-state index is -0.184. The maximum Gasteiger partial charge on any atom is 0.264 e. The zero-order chi connectivity index (χ0) is 15.2. The van der Waals surface area contributed by atoms with E-state index < -0.39 is 0 Å². The molecule has 0 spiro atoms. The SMILES string of the molecule is CN1CCC(N(C)C(=O)/C(C#N)=C\c2ccccc2)CC1. The summed E-state index contributed by atoms with van der Waals surface area (Å²) in [5, 5.41) is 9.27. The first-order chi connectivity index (χ1) is 10.1. The molecule has 1 fully saturated rings. The van der Waals surface area contributed by atoms with Gasteiger partial charge in [0.05, 0.1) is 0 Å². The van der Waals surface area contributed by atoms with Crippen LogP contribution in [0.25, 0.3) is 6.08 Å². The van der Waals surface area contributed by atoms with E-state index in [1.807, 2.05) is 36.4 Å². The predicted molar refractivity (Wildman–Crippen MR) is 83.3 cm³/mol. The van der Waals surface area contributed by atoms with E-state index in [4.69, 9.17) is 0 Å². The second kappa shape index (κ2) is 7.05. The van der Waals surface area contributed by atoms with Crippen molar-refractivity contribution in [2.75, 3.05) is 27.2 Å². The fraction of sp³-hybridized carbons (Fsp3) is 0.412. The minimum absolute atomic E-state index is 0.184. The lowest BCUT2D eigenvalue weighted by Gasteiger charge is -2.35. The molecule has 1 saturated heterocycles. The summed E-state index contributed by atoms with van der Waals surface area (Å²) in [5.74, 6) is -0.184. The maximum absolute atomic E-state index is 12.5. The summed E-state index contributed by atoms with van der Waals surface area (Å²) >= 11 is 0. The summed E-state index contributed by atoms with van der Waals surface area (Å²) in [7, 11) is 3.89. The van der Waals surface area contributed by atoms with Gasteiger partial charge in [-0.25, -0.2) is 0 Å². The fourth-order valence-electron chi connectivity index (χ4n) is 2.60. The van der Waals surface area contributed by atoms with Gasteiger partial charge in [0.15, 0.2) is 0 Å². The molecule has 2 rings (SSSR count). The van der Waals surface area contributed by atoms with Crippen LogP contribution in [0.5, 0.6) is 0 Å². The van der Waals surface area contributed by atoms with Crippen LogP contribution in [0.4, 0.5) is 0 Å². The van der Waals surface area contributed by atoms with Crippen molar-refractivity contribution >= 4 is 12.0 Å². The largest absolute Gasteiger partial charge is 0.338 e.